The molecule has 0 aromatic carbocycles. The third kappa shape index (κ3) is 5.36. The number of rotatable bonds is 8. The van der Waals surface area contributed by atoms with Crippen molar-refractivity contribution in [3.63, 3.8) is 0 Å². The lowest BCUT2D eigenvalue weighted by Gasteiger charge is -2.34. The summed E-state index contributed by atoms with van der Waals surface area (Å²) in [5, 5.41) is 3.56. The molecule has 0 unspecified atom stereocenters. The van der Waals surface area contributed by atoms with Crippen LogP contribution >= 0.6 is 0 Å². The van der Waals surface area contributed by atoms with E-state index in [2.05, 4.69) is 43.2 Å². The Bertz CT molecular complexity index is 198. The molecule has 1 aliphatic rings. The first-order valence-electron chi connectivity index (χ1n) is 7.12. The molecule has 0 amide bonds. The van der Waals surface area contributed by atoms with Gasteiger partial charge in [-0.3, -0.25) is 0 Å². The van der Waals surface area contributed by atoms with Crippen LogP contribution in [0.5, 0.6) is 0 Å². The summed E-state index contributed by atoms with van der Waals surface area (Å²) in [6.07, 6.45) is 5.67. The Morgan fingerprint density at radius 1 is 1.06 bits per heavy atom. The van der Waals surface area contributed by atoms with E-state index in [1.165, 1.54) is 45.3 Å². The highest BCUT2D eigenvalue weighted by atomic mass is 15.2. The molecule has 0 aromatic rings. The molecule has 0 heterocycles. The fraction of sp³-hybridized carbons (Fsp3) is 1.00. The minimum atomic E-state index is 0.553. The summed E-state index contributed by atoms with van der Waals surface area (Å²) in [7, 11) is 6.57. The molecule has 0 aromatic heterocycles. The third-order valence-corrected chi connectivity index (χ3v) is 3.95. The molecule has 1 N–H and O–H groups in total. The van der Waals surface area contributed by atoms with Crippen molar-refractivity contribution in [2.45, 2.75) is 32.6 Å². The molecule has 1 rings (SSSR count). The van der Waals surface area contributed by atoms with Crippen molar-refractivity contribution in [2.75, 3.05) is 53.9 Å². The normalized spacial score (nSPS) is 19.4. The van der Waals surface area contributed by atoms with Gasteiger partial charge in [0.05, 0.1) is 0 Å². The summed E-state index contributed by atoms with van der Waals surface area (Å²) < 4.78 is 0. The summed E-state index contributed by atoms with van der Waals surface area (Å²) in [5.41, 5.74) is 0.553. The van der Waals surface area contributed by atoms with Crippen molar-refractivity contribution in [1.29, 1.82) is 0 Å². The number of likely N-dealkylation sites (N-methyl/N-ethyl adjacent to an activating group) is 2. The van der Waals surface area contributed by atoms with Crippen LogP contribution in [-0.4, -0.2) is 63.7 Å². The molecule has 0 bridgehead atoms. The summed E-state index contributed by atoms with van der Waals surface area (Å²) in [6, 6.07) is 0. The van der Waals surface area contributed by atoms with Crippen LogP contribution in [0, 0.1) is 5.41 Å². The Kier molecular flexibility index (Phi) is 6.45. The maximum Gasteiger partial charge on any atom is 0.0106 e. The van der Waals surface area contributed by atoms with E-state index < -0.39 is 0 Å². The van der Waals surface area contributed by atoms with Gasteiger partial charge in [0, 0.05) is 26.2 Å². The molecule has 102 valence electrons. The molecule has 17 heavy (non-hydrogen) atoms. The highest BCUT2D eigenvalue weighted by Crippen LogP contribution is 2.38. The number of nitrogens with zero attached hydrogens (tertiary/aromatic N) is 2. The fourth-order valence-electron chi connectivity index (χ4n) is 2.93. The molecule has 3 heteroatoms. The van der Waals surface area contributed by atoms with Crippen molar-refractivity contribution in [2.24, 2.45) is 5.41 Å². The van der Waals surface area contributed by atoms with E-state index >= 15 is 0 Å². The van der Waals surface area contributed by atoms with Crippen molar-refractivity contribution >= 4 is 0 Å². The van der Waals surface area contributed by atoms with E-state index in [1.54, 1.807) is 0 Å². The zero-order chi connectivity index (χ0) is 12.7. The van der Waals surface area contributed by atoms with Gasteiger partial charge in [-0.1, -0.05) is 19.8 Å². The van der Waals surface area contributed by atoms with Crippen molar-refractivity contribution in [3.05, 3.63) is 0 Å². The molecular weight excluding hydrogens is 210 g/mol. The zero-order valence-corrected chi connectivity index (χ0v) is 12.3. The fourth-order valence-corrected chi connectivity index (χ4v) is 2.93. The van der Waals surface area contributed by atoms with Gasteiger partial charge in [0.2, 0.25) is 0 Å². The van der Waals surface area contributed by atoms with Crippen LogP contribution in [0.25, 0.3) is 0 Å². The minimum absolute atomic E-state index is 0.553. The smallest absolute Gasteiger partial charge is 0.0106 e. The van der Waals surface area contributed by atoms with Gasteiger partial charge in [-0.25, -0.2) is 0 Å². The lowest BCUT2D eigenvalue weighted by atomic mass is 9.85. The van der Waals surface area contributed by atoms with Gasteiger partial charge < -0.3 is 15.1 Å². The van der Waals surface area contributed by atoms with Crippen molar-refractivity contribution in [3.8, 4) is 0 Å². The third-order valence-electron chi connectivity index (χ3n) is 3.95. The van der Waals surface area contributed by atoms with Crippen molar-refractivity contribution in [1.82, 2.24) is 15.1 Å². The Balaban J connectivity index is 2.37. The Morgan fingerprint density at radius 3 is 2.24 bits per heavy atom. The van der Waals surface area contributed by atoms with Gasteiger partial charge in [-0.05, 0) is 45.9 Å². The molecular formula is C14H31N3. The molecule has 3 nitrogen and oxygen atoms in total. The molecule has 1 fully saturated rings. The van der Waals surface area contributed by atoms with Crippen LogP contribution in [0.3, 0.4) is 0 Å². The lowest BCUT2D eigenvalue weighted by Crippen LogP contribution is -2.42. The topological polar surface area (TPSA) is 18.5 Å². The van der Waals surface area contributed by atoms with Crippen LogP contribution in [-0.2, 0) is 0 Å². The summed E-state index contributed by atoms with van der Waals surface area (Å²) in [5.74, 6) is 0. The summed E-state index contributed by atoms with van der Waals surface area (Å²) in [6.45, 7) is 8.11. The van der Waals surface area contributed by atoms with Gasteiger partial charge in [0.25, 0.3) is 0 Å². The summed E-state index contributed by atoms with van der Waals surface area (Å²) in [4.78, 5) is 4.78. The highest BCUT2D eigenvalue weighted by molar-refractivity contribution is 4.88. The second-order valence-corrected chi connectivity index (χ2v) is 6.03. The maximum atomic E-state index is 3.56. The van der Waals surface area contributed by atoms with Gasteiger partial charge >= 0.3 is 0 Å². The van der Waals surface area contributed by atoms with Gasteiger partial charge in [-0.15, -0.1) is 0 Å². The predicted molar refractivity (Wildman–Crippen MR) is 75.5 cm³/mol. The van der Waals surface area contributed by atoms with Gasteiger partial charge in [-0.2, -0.15) is 0 Å². The van der Waals surface area contributed by atoms with E-state index in [1.807, 2.05) is 0 Å². The quantitative estimate of drug-likeness (QED) is 0.697. The SMILES string of the molecule is CCNCC1(CN(C)CCN(C)C)CCCC1. The molecule has 0 spiro atoms. The van der Waals surface area contributed by atoms with E-state index in [9.17, 15) is 0 Å². The number of hydrogen-bond acceptors (Lipinski definition) is 3. The molecule has 1 saturated carbocycles. The summed E-state index contributed by atoms with van der Waals surface area (Å²) >= 11 is 0. The molecule has 0 saturated heterocycles. The van der Waals surface area contributed by atoms with Crippen molar-refractivity contribution < 1.29 is 0 Å². The molecule has 0 atom stereocenters. The highest BCUT2D eigenvalue weighted by Gasteiger charge is 2.34. The van der Waals surface area contributed by atoms with Crippen LogP contribution in [0.2, 0.25) is 0 Å². The van der Waals surface area contributed by atoms with Gasteiger partial charge in [0.15, 0.2) is 0 Å². The first-order chi connectivity index (χ1) is 8.08. The van der Waals surface area contributed by atoms with E-state index in [-0.39, 0.29) is 0 Å². The minimum Gasteiger partial charge on any atom is -0.316 e. The van der Waals surface area contributed by atoms with E-state index in [0.29, 0.717) is 5.41 Å². The van der Waals surface area contributed by atoms with E-state index in [0.717, 1.165) is 13.1 Å². The first kappa shape index (κ1) is 14.9. The monoisotopic (exact) mass is 241 g/mol. The van der Waals surface area contributed by atoms with Crippen LogP contribution < -0.4 is 5.32 Å². The van der Waals surface area contributed by atoms with Gasteiger partial charge in [0.1, 0.15) is 0 Å². The maximum absolute atomic E-state index is 3.56. The lowest BCUT2D eigenvalue weighted by molar-refractivity contribution is 0.164. The Hall–Kier alpha value is -0.120. The first-order valence-corrected chi connectivity index (χ1v) is 7.12. The number of hydrogen-bond donors (Lipinski definition) is 1. The number of nitrogens with one attached hydrogen (secondary N) is 1. The Morgan fingerprint density at radius 2 is 1.71 bits per heavy atom. The second kappa shape index (κ2) is 7.34. The average molecular weight is 241 g/mol. The Labute approximate surface area is 108 Å². The largest absolute Gasteiger partial charge is 0.316 e. The average Bonchev–Trinajstić information content (AvgIpc) is 2.73. The van der Waals surface area contributed by atoms with Crippen LogP contribution in [0.1, 0.15) is 32.6 Å². The molecule has 1 aliphatic carbocycles. The molecule has 0 radical (unpaired) electrons. The molecule has 0 aliphatic heterocycles. The predicted octanol–water partition coefficient (Wildman–Crippen LogP) is 1.65. The standard InChI is InChI=1S/C14H31N3/c1-5-15-12-14(8-6-7-9-14)13-17(4)11-10-16(2)3/h15H,5-13H2,1-4H3. The van der Waals surface area contributed by atoms with Crippen LogP contribution in [0.4, 0.5) is 0 Å². The zero-order valence-electron chi connectivity index (χ0n) is 12.3. The second-order valence-electron chi connectivity index (χ2n) is 6.03. The van der Waals surface area contributed by atoms with Crippen LogP contribution in [0.15, 0.2) is 0 Å². The van der Waals surface area contributed by atoms with E-state index in [4.69, 9.17) is 0 Å².